The third-order valence-corrected chi connectivity index (χ3v) is 4.01. The van der Waals surface area contributed by atoms with Crippen LogP contribution in [0.4, 0.5) is 0 Å². The zero-order valence-electron chi connectivity index (χ0n) is 12.5. The van der Waals surface area contributed by atoms with Gasteiger partial charge in [-0.15, -0.1) is 0 Å². The highest BCUT2D eigenvalue weighted by Crippen LogP contribution is 2.19. The van der Waals surface area contributed by atoms with E-state index in [0.29, 0.717) is 12.0 Å². The lowest BCUT2D eigenvalue weighted by atomic mass is 9.92. The Kier molecular flexibility index (Phi) is 5.82. The number of nitrogens with zero attached hydrogens (tertiary/aromatic N) is 2. The Labute approximate surface area is 111 Å². The van der Waals surface area contributed by atoms with Gasteiger partial charge in [-0.1, -0.05) is 20.3 Å². The van der Waals surface area contributed by atoms with Gasteiger partial charge in [-0.25, -0.2) is 0 Å². The highest BCUT2D eigenvalue weighted by atomic mass is 15.3. The van der Waals surface area contributed by atoms with E-state index in [1.54, 1.807) is 0 Å². The average Bonchev–Trinajstić information content (AvgIpc) is 2.56. The Balaban J connectivity index is 2.62. The smallest absolute Gasteiger partial charge is 0.0628 e. The molecule has 18 heavy (non-hydrogen) atoms. The van der Waals surface area contributed by atoms with Gasteiger partial charge in [0.15, 0.2) is 0 Å². The van der Waals surface area contributed by atoms with Crippen LogP contribution < -0.4 is 11.3 Å². The van der Waals surface area contributed by atoms with Crippen molar-refractivity contribution in [2.45, 2.75) is 59.4 Å². The molecule has 104 valence electrons. The van der Waals surface area contributed by atoms with E-state index in [-0.39, 0.29) is 0 Å². The van der Waals surface area contributed by atoms with Crippen molar-refractivity contribution in [2.24, 2.45) is 18.8 Å². The standard InChI is InChI=1S/C14H28N4/c1-6-7-10(2)14(16-15)9-8-13-11(3)17-18(5)12(13)4/h10,14,16H,6-9,15H2,1-5H3. The van der Waals surface area contributed by atoms with Gasteiger partial charge < -0.3 is 0 Å². The Morgan fingerprint density at radius 3 is 2.44 bits per heavy atom. The van der Waals surface area contributed by atoms with Crippen LogP contribution in [-0.2, 0) is 13.5 Å². The van der Waals surface area contributed by atoms with Gasteiger partial charge in [0.1, 0.15) is 0 Å². The molecular formula is C14H28N4. The topological polar surface area (TPSA) is 55.9 Å². The van der Waals surface area contributed by atoms with Crippen molar-refractivity contribution < 1.29 is 0 Å². The Bertz CT molecular complexity index is 370. The second-order valence-electron chi connectivity index (χ2n) is 5.35. The zero-order valence-corrected chi connectivity index (χ0v) is 12.5. The summed E-state index contributed by atoms with van der Waals surface area (Å²) in [5.41, 5.74) is 6.77. The summed E-state index contributed by atoms with van der Waals surface area (Å²) in [5.74, 6) is 6.30. The first-order valence-electron chi connectivity index (χ1n) is 6.96. The summed E-state index contributed by atoms with van der Waals surface area (Å²) >= 11 is 0. The average molecular weight is 252 g/mol. The molecule has 4 nitrogen and oxygen atoms in total. The van der Waals surface area contributed by atoms with E-state index in [9.17, 15) is 0 Å². The van der Waals surface area contributed by atoms with Crippen LogP contribution in [0.1, 0.15) is 50.1 Å². The highest BCUT2D eigenvalue weighted by Gasteiger charge is 2.17. The molecule has 1 aromatic rings. The van der Waals surface area contributed by atoms with E-state index in [1.807, 2.05) is 11.7 Å². The minimum atomic E-state index is 0.393. The van der Waals surface area contributed by atoms with Crippen LogP contribution in [-0.4, -0.2) is 15.8 Å². The maximum absolute atomic E-state index is 5.68. The lowest BCUT2D eigenvalue weighted by Crippen LogP contribution is -2.40. The number of hydrogen-bond acceptors (Lipinski definition) is 3. The normalized spacial score (nSPS) is 14.8. The number of hydrazine groups is 1. The summed E-state index contributed by atoms with van der Waals surface area (Å²) in [4.78, 5) is 0. The van der Waals surface area contributed by atoms with Gasteiger partial charge in [0.25, 0.3) is 0 Å². The van der Waals surface area contributed by atoms with E-state index < -0.39 is 0 Å². The Morgan fingerprint density at radius 1 is 1.33 bits per heavy atom. The third-order valence-electron chi connectivity index (χ3n) is 4.01. The fraction of sp³-hybridized carbons (Fsp3) is 0.786. The van der Waals surface area contributed by atoms with E-state index in [2.05, 4.69) is 38.2 Å². The fourth-order valence-electron chi connectivity index (χ4n) is 2.67. The summed E-state index contributed by atoms with van der Waals surface area (Å²) in [7, 11) is 2.00. The van der Waals surface area contributed by atoms with Crippen LogP contribution in [0, 0.1) is 19.8 Å². The summed E-state index contributed by atoms with van der Waals surface area (Å²) in [6, 6.07) is 0.393. The maximum Gasteiger partial charge on any atom is 0.0628 e. The monoisotopic (exact) mass is 252 g/mol. The third kappa shape index (κ3) is 3.56. The Morgan fingerprint density at radius 2 is 2.00 bits per heavy atom. The van der Waals surface area contributed by atoms with Crippen LogP contribution >= 0.6 is 0 Å². The lowest BCUT2D eigenvalue weighted by molar-refractivity contribution is 0.341. The maximum atomic E-state index is 5.68. The van der Waals surface area contributed by atoms with Crippen LogP contribution in [0.3, 0.4) is 0 Å². The molecule has 0 aliphatic rings. The second kappa shape index (κ2) is 6.90. The van der Waals surface area contributed by atoms with Gasteiger partial charge in [0.2, 0.25) is 0 Å². The molecule has 0 aliphatic carbocycles. The number of nitrogens with one attached hydrogen (secondary N) is 1. The first-order chi connectivity index (χ1) is 8.51. The summed E-state index contributed by atoms with van der Waals surface area (Å²) in [6.45, 7) is 8.72. The van der Waals surface area contributed by atoms with Crippen molar-refractivity contribution in [1.82, 2.24) is 15.2 Å². The van der Waals surface area contributed by atoms with Gasteiger partial charge in [0.05, 0.1) is 5.69 Å². The number of hydrogen-bond donors (Lipinski definition) is 2. The number of aryl methyl sites for hydroxylation is 2. The molecule has 0 fully saturated rings. The molecule has 0 saturated carbocycles. The van der Waals surface area contributed by atoms with Crippen molar-refractivity contribution in [1.29, 1.82) is 0 Å². The fourth-order valence-corrected chi connectivity index (χ4v) is 2.67. The molecule has 4 heteroatoms. The van der Waals surface area contributed by atoms with Gasteiger partial charge in [-0.2, -0.15) is 5.10 Å². The molecule has 0 bridgehead atoms. The minimum absolute atomic E-state index is 0.393. The SMILES string of the molecule is CCCC(C)C(CCc1c(C)nn(C)c1C)NN. The summed E-state index contributed by atoms with van der Waals surface area (Å²) < 4.78 is 1.96. The second-order valence-corrected chi connectivity index (χ2v) is 5.35. The molecule has 1 aromatic heterocycles. The van der Waals surface area contributed by atoms with E-state index >= 15 is 0 Å². The molecule has 1 heterocycles. The molecule has 2 atom stereocenters. The molecule has 1 rings (SSSR count). The quantitative estimate of drug-likeness (QED) is 0.578. The van der Waals surface area contributed by atoms with E-state index in [1.165, 1.54) is 24.1 Å². The molecule has 2 unspecified atom stereocenters. The van der Waals surface area contributed by atoms with Crippen LogP contribution in [0.5, 0.6) is 0 Å². The van der Waals surface area contributed by atoms with Crippen LogP contribution in [0.2, 0.25) is 0 Å². The molecule has 0 aromatic carbocycles. The first-order valence-corrected chi connectivity index (χ1v) is 6.96. The predicted molar refractivity (Wildman–Crippen MR) is 76.2 cm³/mol. The molecule has 0 amide bonds. The summed E-state index contributed by atoms with van der Waals surface area (Å²) in [6.07, 6.45) is 4.56. The number of nitrogens with two attached hydrogens (primary N) is 1. The van der Waals surface area contributed by atoms with Gasteiger partial charge in [-0.05, 0) is 44.6 Å². The molecular weight excluding hydrogens is 224 g/mol. The van der Waals surface area contributed by atoms with Crippen molar-refractivity contribution in [3.05, 3.63) is 17.0 Å². The number of aromatic nitrogens is 2. The first kappa shape index (κ1) is 15.2. The highest BCUT2D eigenvalue weighted by molar-refractivity contribution is 5.24. The lowest BCUT2D eigenvalue weighted by Gasteiger charge is -2.22. The van der Waals surface area contributed by atoms with Crippen molar-refractivity contribution in [3.8, 4) is 0 Å². The van der Waals surface area contributed by atoms with Crippen LogP contribution in [0.15, 0.2) is 0 Å². The minimum Gasteiger partial charge on any atom is -0.272 e. The van der Waals surface area contributed by atoms with E-state index in [0.717, 1.165) is 18.5 Å². The molecule has 0 spiro atoms. The summed E-state index contributed by atoms with van der Waals surface area (Å²) in [5, 5.41) is 4.46. The number of rotatable bonds is 7. The van der Waals surface area contributed by atoms with Gasteiger partial charge in [0, 0.05) is 18.8 Å². The predicted octanol–water partition coefficient (Wildman–Crippen LogP) is 2.24. The molecule has 0 radical (unpaired) electrons. The molecule has 3 N–H and O–H groups in total. The van der Waals surface area contributed by atoms with Gasteiger partial charge >= 0.3 is 0 Å². The van der Waals surface area contributed by atoms with Crippen molar-refractivity contribution in [2.75, 3.05) is 0 Å². The Hall–Kier alpha value is -0.870. The van der Waals surface area contributed by atoms with Crippen molar-refractivity contribution in [3.63, 3.8) is 0 Å². The largest absolute Gasteiger partial charge is 0.272 e. The van der Waals surface area contributed by atoms with Crippen LogP contribution in [0.25, 0.3) is 0 Å². The zero-order chi connectivity index (χ0) is 13.7. The molecule has 0 aliphatic heterocycles. The van der Waals surface area contributed by atoms with Crippen molar-refractivity contribution >= 4 is 0 Å². The van der Waals surface area contributed by atoms with Gasteiger partial charge in [-0.3, -0.25) is 16.0 Å². The van der Waals surface area contributed by atoms with E-state index in [4.69, 9.17) is 5.84 Å². The molecule has 0 saturated heterocycles.